The summed E-state index contributed by atoms with van der Waals surface area (Å²) in [4.78, 5) is 48.2. The lowest BCUT2D eigenvalue weighted by atomic mass is 9.91. The normalized spacial score (nSPS) is 15.7. The van der Waals surface area contributed by atoms with Gasteiger partial charge in [0.25, 0.3) is 11.8 Å². The van der Waals surface area contributed by atoms with Crippen LogP contribution in [0.25, 0.3) is 11.3 Å². The van der Waals surface area contributed by atoms with Crippen molar-refractivity contribution in [2.24, 2.45) is 12.8 Å². The van der Waals surface area contributed by atoms with Crippen molar-refractivity contribution in [2.75, 3.05) is 44.9 Å². The summed E-state index contributed by atoms with van der Waals surface area (Å²) in [6.07, 6.45) is 0.718. The zero-order valence-electron chi connectivity index (χ0n) is 31.7. The van der Waals surface area contributed by atoms with Gasteiger partial charge in [-0.1, -0.05) is 36.4 Å². The van der Waals surface area contributed by atoms with Gasteiger partial charge in [-0.25, -0.2) is 0 Å². The molecule has 11 heteroatoms. The Morgan fingerprint density at radius 2 is 1.64 bits per heavy atom. The fraction of sp³-hybridized carbons (Fsp3) is 0.295. The van der Waals surface area contributed by atoms with Crippen LogP contribution in [-0.2, 0) is 31.3 Å². The van der Waals surface area contributed by atoms with Gasteiger partial charge in [-0.05, 0) is 97.1 Å². The fourth-order valence-corrected chi connectivity index (χ4v) is 7.78. The monoisotopic (exact) mass is 741 g/mol. The molecule has 284 valence electrons. The van der Waals surface area contributed by atoms with E-state index >= 15 is 0 Å². The molecule has 7 rings (SSSR count). The van der Waals surface area contributed by atoms with Crippen LogP contribution in [0.3, 0.4) is 0 Å². The summed E-state index contributed by atoms with van der Waals surface area (Å²) in [6, 6.07) is 27.1. The Kier molecular flexibility index (Phi) is 10.8. The zero-order valence-corrected chi connectivity index (χ0v) is 31.7. The largest absolute Gasteiger partial charge is 0.508 e. The highest BCUT2D eigenvalue weighted by Crippen LogP contribution is 2.35. The molecular weight excluding hydrogens is 695 g/mol. The molecule has 1 saturated heterocycles. The summed E-state index contributed by atoms with van der Waals surface area (Å²) in [6.45, 7) is 8.13. The van der Waals surface area contributed by atoms with Gasteiger partial charge in [-0.15, -0.1) is 0 Å². The van der Waals surface area contributed by atoms with E-state index < -0.39 is 5.91 Å². The Morgan fingerprint density at radius 3 is 2.35 bits per heavy atom. The number of aromatic nitrogens is 1. The maximum atomic E-state index is 14.9. The second kappa shape index (κ2) is 15.8. The van der Waals surface area contributed by atoms with E-state index in [0.29, 0.717) is 65.8 Å². The summed E-state index contributed by atoms with van der Waals surface area (Å²) in [5.41, 5.74) is 13.4. The van der Waals surface area contributed by atoms with Crippen LogP contribution in [-0.4, -0.2) is 83.2 Å². The van der Waals surface area contributed by atoms with Crippen LogP contribution in [0.4, 0.5) is 5.69 Å². The summed E-state index contributed by atoms with van der Waals surface area (Å²) < 4.78 is 13.1. The Balaban J connectivity index is 1.29. The second-order valence-corrected chi connectivity index (χ2v) is 14.3. The average molecular weight is 742 g/mol. The molecule has 3 heterocycles. The summed E-state index contributed by atoms with van der Waals surface area (Å²) in [7, 11) is 3.46. The van der Waals surface area contributed by atoms with Crippen molar-refractivity contribution in [1.29, 1.82) is 0 Å². The quantitative estimate of drug-likeness (QED) is 0.183. The molecule has 1 atom stereocenters. The summed E-state index contributed by atoms with van der Waals surface area (Å²) in [5, 5.41) is 10.1. The van der Waals surface area contributed by atoms with Gasteiger partial charge >= 0.3 is 0 Å². The van der Waals surface area contributed by atoms with Crippen LogP contribution < -0.4 is 15.4 Å². The summed E-state index contributed by atoms with van der Waals surface area (Å²) >= 11 is 0. The minimum Gasteiger partial charge on any atom is -0.508 e. The van der Waals surface area contributed by atoms with Crippen LogP contribution in [0, 0.1) is 13.8 Å². The zero-order chi connectivity index (χ0) is 38.8. The van der Waals surface area contributed by atoms with E-state index in [1.807, 2.05) is 60.7 Å². The van der Waals surface area contributed by atoms with Gasteiger partial charge in [0.15, 0.2) is 0 Å². The standard InChI is InChI=1S/C44H47N5O6/c1-28-32(10-7-11-41(28)54-4)25-48(34-13-15-36(50)16-14-34)44(53)38-24-40(46(3)29(38)2)39-23-31(42(45)51)12-17-37(39)43(52)49-26-33-9-6-5-8-30(33)22-35(49)27-47-18-20-55-21-19-47/h5-17,23-24,35,50H,18-22,25-27H2,1-4H3,(H2,45,51)/t35-/m0/s1. The van der Waals surface area contributed by atoms with Crippen molar-refractivity contribution in [1.82, 2.24) is 14.4 Å². The number of amides is 3. The van der Waals surface area contributed by atoms with Crippen molar-refractivity contribution in [3.05, 3.63) is 136 Å². The number of phenolic OH excluding ortho intramolecular Hbond substituents is 1. The number of ether oxygens (including phenoxy) is 2. The number of primary amides is 1. The number of methoxy groups -OCH3 is 1. The van der Waals surface area contributed by atoms with Gasteiger partial charge in [-0.2, -0.15) is 0 Å². The highest BCUT2D eigenvalue weighted by Gasteiger charge is 2.34. The number of morpholine rings is 1. The molecule has 1 aromatic heterocycles. The first-order valence-corrected chi connectivity index (χ1v) is 18.6. The van der Waals surface area contributed by atoms with Crippen LogP contribution >= 0.6 is 0 Å². The molecule has 2 aliphatic rings. The number of carbonyl (C=O) groups excluding carboxylic acids is 3. The van der Waals surface area contributed by atoms with E-state index in [9.17, 15) is 19.5 Å². The number of hydrogen-bond donors (Lipinski definition) is 2. The number of anilines is 1. The van der Waals surface area contributed by atoms with Gasteiger partial charge in [0.05, 0.1) is 32.4 Å². The van der Waals surface area contributed by atoms with Crippen molar-refractivity contribution >= 4 is 23.4 Å². The number of carbonyl (C=O) groups is 3. The highest BCUT2D eigenvalue weighted by molar-refractivity contribution is 6.09. The van der Waals surface area contributed by atoms with E-state index in [1.165, 1.54) is 5.56 Å². The average Bonchev–Trinajstić information content (AvgIpc) is 3.50. The Labute approximate surface area is 321 Å². The third kappa shape index (κ3) is 7.58. The SMILES string of the molecule is COc1cccc(CN(C(=O)c2cc(-c3cc(C(N)=O)ccc3C(=O)N3Cc4ccccc4C[C@H]3CN3CCOCC3)n(C)c2C)c2ccc(O)cc2)c1C. The van der Waals surface area contributed by atoms with E-state index in [0.717, 1.165) is 36.2 Å². The molecule has 0 bridgehead atoms. The van der Waals surface area contributed by atoms with Crippen LogP contribution in [0.2, 0.25) is 0 Å². The second-order valence-electron chi connectivity index (χ2n) is 14.3. The highest BCUT2D eigenvalue weighted by atomic mass is 16.5. The van der Waals surface area contributed by atoms with E-state index in [1.54, 1.807) is 60.5 Å². The number of nitrogens with two attached hydrogens (primary N) is 1. The third-order valence-corrected chi connectivity index (χ3v) is 11.1. The van der Waals surface area contributed by atoms with Crippen molar-refractivity contribution < 1.29 is 29.0 Å². The number of rotatable bonds is 10. The lowest BCUT2D eigenvalue weighted by molar-refractivity contribution is 0.0193. The van der Waals surface area contributed by atoms with Gasteiger partial charge < -0.3 is 34.7 Å². The Bertz CT molecular complexity index is 2240. The smallest absolute Gasteiger partial charge is 0.260 e. The van der Waals surface area contributed by atoms with Gasteiger partial charge in [0.1, 0.15) is 11.5 Å². The number of nitrogens with zero attached hydrogens (tertiary/aromatic N) is 4. The predicted molar refractivity (Wildman–Crippen MR) is 212 cm³/mol. The van der Waals surface area contributed by atoms with Crippen molar-refractivity contribution in [2.45, 2.75) is 39.4 Å². The number of benzene rings is 4. The van der Waals surface area contributed by atoms with Gasteiger partial charge in [-0.3, -0.25) is 19.3 Å². The topological polar surface area (TPSA) is 131 Å². The fourth-order valence-electron chi connectivity index (χ4n) is 7.78. The minimum absolute atomic E-state index is 0.0859. The van der Waals surface area contributed by atoms with Crippen LogP contribution in [0.5, 0.6) is 11.5 Å². The molecule has 0 radical (unpaired) electrons. The van der Waals surface area contributed by atoms with E-state index in [4.69, 9.17) is 15.2 Å². The molecule has 0 unspecified atom stereocenters. The van der Waals surface area contributed by atoms with E-state index in [2.05, 4.69) is 17.0 Å². The number of aromatic hydroxyl groups is 1. The molecule has 55 heavy (non-hydrogen) atoms. The Hall–Kier alpha value is -5.91. The first-order chi connectivity index (χ1) is 26.5. The van der Waals surface area contributed by atoms with E-state index in [-0.39, 0.29) is 35.7 Å². The molecule has 3 N–H and O–H groups in total. The molecule has 2 aliphatic heterocycles. The first-order valence-electron chi connectivity index (χ1n) is 18.6. The molecule has 1 fully saturated rings. The Morgan fingerprint density at radius 1 is 0.909 bits per heavy atom. The molecule has 0 saturated carbocycles. The predicted octanol–water partition coefficient (Wildman–Crippen LogP) is 5.87. The lowest BCUT2D eigenvalue weighted by Gasteiger charge is -2.40. The van der Waals surface area contributed by atoms with Gasteiger partial charge in [0, 0.05) is 73.0 Å². The molecule has 5 aromatic rings. The van der Waals surface area contributed by atoms with Gasteiger partial charge in [0.2, 0.25) is 5.91 Å². The molecule has 4 aromatic carbocycles. The number of phenols is 1. The maximum Gasteiger partial charge on any atom is 0.260 e. The van der Waals surface area contributed by atoms with Crippen molar-refractivity contribution in [3.63, 3.8) is 0 Å². The van der Waals surface area contributed by atoms with Crippen LogP contribution in [0.15, 0.2) is 91.0 Å². The first kappa shape index (κ1) is 37.4. The minimum atomic E-state index is -0.619. The molecule has 0 spiro atoms. The van der Waals surface area contributed by atoms with Crippen molar-refractivity contribution in [3.8, 4) is 22.8 Å². The number of fused-ring (bicyclic) bond motifs is 1. The lowest BCUT2D eigenvalue weighted by Crippen LogP contribution is -2.52. The maximum absolute atomic E-state index is 14.9. The molecule has 3 amide bonds. The molecule has 11 nitrogen and oxygen atoms in total. The molecular formula is C44H47N5O6. The third-order valence-electron chi connectivity index (χ3n) is 11.1. The number of hydrogen-bond acceptors (Lipinski definition) is 7. The molecule has 0 aliphatic carbocycles. The van der Waals surface area contributed by atoms with Crippen LogP contribution in [0.1, 0.15) is 59.0 Å². The summed E-state index contributed by atoms with van der Waals surface area (Å²) in [5.74, 6) is -0.256.